The smallest absolute Gasteiger partial charge is 0.239 e. The lowest BCUT2D eigenvalue weighted by Crippen LogP contribution is -2.30. The number of nitrogens with zero attached hydrogens (tertiary/aromatic N) is 2. The molecule has 0 atom stereocenters. The van der Waals surface area contributed by atoms with Gasteiger partial charge in [-0.1, -0.05) is 20.8 Å². The first-order chi connectivity index (χ1) is 9.69. The van der Waals surface area contributed by atoms with Crippen LogP contribution in [0.15, 0.2) is 6.07 Å². The van der Waals surface area contributed by atoms with Gasteiger partial charge in [-0.25, -0.2) is 9.97 Å². The van der Waals surface area contributed by atoms with Gasteiger partial charge in [0.1, 0.15) is 17.5 Å². The van der Waals surface area contributed by atoms with Gasteiger partial charge >= 0.3 is 0 Å². The fourth-order valence-electron chi connectivity index (χ4n) is 1.59. The highest BCUT2D eigenvalue weighted by molar-refractivity contribution is 5.80. The SMILES string of the molecule is CCCNC(=O)CNc1cc(NCCC)nc(CC)n1. The normalized spacial score (nSPS) is 10.2. The van der Waals surface area contributed by atoms with Crippen molar-refractivity contribution in [2.75, 3.05) is 30.3 Å². The molecule has 0 spiro atoms. The van der Waals surface area contributed by atoms with Crippen LogP contribution < -0.4 is 16.0 Å². The summed E-state index contributed by atoms with van der Waals surface area (Å²) in [4.78, 5) is 20.3. The van der Waals surface area contributed by atoms with Crippen molar-refractivity contribution in [1.82, 2.24) is 15.3 Å². The molecule has 20 heavy (non-hydrogen) atoms. The maximum atomic E-state index is 11.6. The average molecular weight is 279 g/mol. The molecule has 0 saturated heterocycles. The topological polar surface area (TPSA) is 78.9 Å². The van der Waals surface area contributed by atoms with E-state index in [9.17, 15) is 4.79 Å². The van der Waals surface area contributed by atoms with Crippen LogP contribution in [-0.2, 0) is 11.2 Å². The summed E-state index contributed by atoms with van der Waals surface area (Å²) in [5.41, 5.74) is 0. The van der Waals surface area contributed by atoms with Gasteiger partial charge in [-0.2, -0.15) is 0 Å². The molecule has 0 bridgehead atoms. The van der Waals surface area contributed by atoms with E-state index in [1.807, 2.05) is 19.9 Å². The third-order valence-corrected chi connectivity index (χ3v) is 2.65. The Bertz CT molecular complexity index is 422. The van der Waals surface area contributed by atoms with E-state index in [1.54, 1.807) is 0 Å². The second-order valence-corrected chi connectivity index (χ2v) is 4.54. The highest BCUT2D eigenvalue weighted by Gasteiger charge is 2.05. The molecule has 1 aromatic rings. The van der Waals surface area contributed by atoms with Gasteiger partial charge in [-0.15, -0.1) is 0 Å². The molecule has 0 radical (unpaired) electrons. The highest BCUT2D eigenvalue weighted by Crippen LogP contribution is 2.11. The molecular weight excluding hydrogens is 254 g/mol. The summed E-state index contributed by atoms with van der Waals surface area (Å²) in [6.45, 7) is 7.94. The summed E-state index contributed by atoms with van der Waals surface area (Å²) < 4.78 is 0. The maximum Gasteiger partial charge on any atom is 0.239 e. The van der Waals surface area contributed by atoms with E-state index in [0.717, 1.165) is 37.4 Å². The third-order valence-electron chi connectivity index (χ3n) is 2.65. The van der Waals surface area contributed by atoms with E-state index in [0.29, 0.717) is 12.4 Å². The van der Waals surface area contributed by atoms with Crippen LogP contribution in [0.3, 0.4) is 0 Å². The van der Waals surface area contributed by atoms with Gasteiger partial charge in [-0.05, 0) is 12.8 Å². The van der Waals surface area contributed by atoms with Crippen molar-refractivity contribution in [3.05, 3.63) is 11.9 Å². The van der Waals surface area contributed by atoms with E-state index in [2.05, 4.69) is 32.8 Å². The van der Waals surface area contributed by atoms with Crippen LogP contribution >= 0.6 is 0 Å². The van der Waals surface area contributed by atoms with Crippen LogP contribution in [0.1, 0.15) is 39.4 Å². The van der Waals surface area contributed by atoms with E-state index in [1.165, 1.54) is 0 Å². The number of nitrogens with one attached hydrogen (secondary N) is 3. The summed E-state index contributed by atoms with van der Waals surface area (Å²) in [6.07, 6.45) is 2.73. The molecule has 112 valence electrons. The quantitative estimate of drug-likeness (QED) is 0.642. The van der Waals surface area contributed by atoms with Crippen LogP contribution in [0.5, 0.6) is 0 Å². The molecule has 0 aliphatic heterocycles. The van der Waals surface area contributed by atoms with Crippen LogP contribution in [-0.4, -0.2) is 35.5 Å². The number of aryl methyl sites for hydroxylation is 1. The van der Waals surface area contributed by atoms with E-state index >= 15 is 0 Å². The Labute approximate surface area is 120 Å². The Hall–Kier alpha value is -1.85. The Morgan fingerprint density at radius 1 is 1.05 bits per heavy atom. The molecule has 1 rings (SSSR count). The third kappa shape index (κ3) is 5.86. The first-order valence-electron chi connectivity index (χ1n) is 7.31. The fraction of sp³-hybridized carbons (Fsp3) is 0.643. The number of anilines is 2. The first-order valence-corrected chi connectivity index (χ1v) is 7.31. The summed E-state index contributed by atoms with van der Waals surface area (Å²) in [6, 6.07) is 1.84. The van der Waals surface area contributed by atoms with Crippen molar-refractivity contribution in [1.29, 1.82) is 0 Å². The average Bonchev–Trinajstić information content (AvgIpc) is 2.48. The molecule has 1 amide bonds. The molecule has 0 aromatic carbocycles. The van der Waals surface area contributed by atoms with E-state index in [4.69, 9.17) is 0 Å². The Balaban J connectivity index is 2.61. The van der Waals surface area contributed by atoms with Crippen molar-refractivity contribution in [3.8, 4) is 0 Å². The molecule has 3 N–H and O–H groups in total. The summed E-state index contributed by atoms with van der Waals surface area (Å²) in [5.74, 6) is 2.23. The standard InChI is InChI=1S/C14H25N5O/c1-4-7-15-12-9-13(19-11(6-3)18-12)17-10-14(20)16-8-5-2/h9H,4-8,10H2,1-3H3,(H,16,20)(H2,15,17,18,19). The minimum absolute atomic E-state index is 0.0217. The van der Waals surface area contributed by atoms with Gasteiger partial charge in [0, 0.05) is 25.6 Å². The highest BCUT2D eigenvalue weighted by atomic mass is 16.1. The molecule has 6 heteroatoms. The predicted octanol–water partition coefficient (Wildman–Crippen LogP) is 1.80. The van der Waals surface area contributed by atoms with Gasteiger partial charge < -0.3 is 16.0 Å². The molecule has 0 unspecified atom stereocenters. The summed E-state index contributed by atoms with van der Waals surface area (Å²) in [5, 5.41) is 9.10. The van der Waals surface area contributed by atoms with Gasteiger partial charge in [0.15, 0.2) is 0 Å². The Morgan fingerprint density at radius 2 is 1.70 bits per heavy atom. The number of hydrogen-bond donors (Lipinski definition) is 3. The van der Waals surface area contributed by atoms with Crippen molar-refractivity contribution >= 4 is 17.5 Å². The molecule has 1 aromatic heterocycles. The summed E-state index contributed by atoms with van der Waals surface area (Å²) >= 11 is 0. The van der Waals surface area contributed by atoms with Crippen molar-refractivity contribution in [2.24, 2.45) is 0 Å². The number of amides is 1. The first kappa shape index (κ1) is 16.2. The van der Waals surface area contributed by atoms with Crippen molar-refractivity contribution in [2.45, 2.75) is 40.0 Å². The molecule has 0 aliphatic carbocycles. The minimum atomic E-state index is -0.0217. The van der Waals surface area contributed by atoms with Crippen LogP contribution in [0.25, 0.3) is 0 Å². The number of rotatable bonds is 9. The van der Waals surface area contributed by atoms with E-state index < -0.39 is 0 Å². The number of hydrogen-bond acceptors (Lipinski definition) is 5. The number of carbonyl (C=O) groups excluding carboxylic acids is 1. The minimum Gasteiger partial charge on any atom is -0.370 e. The lowest BCUT2D eigenvalue weighted by molar-refractivity contribution is -0.119. The molecule has 0 saturated carbocycles. The van der Waals surface area contributed by atoms with Gasteiger partial charge in [0.25, 0.3) is 0 Å². The molecule has 0 fully saturated rings. The second kappa shape index (κ2) is 9.12. The number of carbonyl (C=O) groups is 1. The summed E-state index contributed by atoms with van der Waals surface area (Å²) in [7, 11) is 0. The molecule has 1 heterocycles. The predicted molar refractivity (Wildman–Crippen MR) is 82.0 cm³/mol. The zero-order chi connectivity index (χ0) is 14.8. The molecular formula is C14H25N5O. The van der Waals surface area contributed by atoms with Crippen molar-refractivity contribution < 1.29 is 4.79 Å². The zero-order valence-electron chi connectivity index (χ0n) is 12.6. The number of aromatic nitrogens is 2. The van der Waals surface area contributed by atoms with Gasteiger partial charge in [-0.3, -0.25) is 4.79 Å². The monoisotopic (exact) mass is 279 g/mol. The van der Waals surface area contributed by atoms with Crippen LogP contribution in [0.4, 0.5) is 11.6 Å². The molecule has 0 aliphatic rings. The van der Waals surface area contributed by atoms with E-state index in [-0.39, 0.29) is 12.5 Å². The second-order valence-electron chi connectivity index (χ2n) is 4.54. The largest absolute Gasteiger partial charge is 0.370 e. The lowest BCUT2D eigenvalue weighted by atomic mass is 10.4. The molecule has 6 nitrogen and oxygen atoms in total. The fourth-order valence-corrected chi connectivity index (χ4v) is 1.59. The Morgan fingerprint density at radius 3 is 2.30 bits per heavy atom. The zero-order valence-corrected chi connectivity index (χ0v) is 12.6. The van der Waals surface area contributed by atoms with Crippen molar-refractivity contribution in [3.63, 3.8) is 0 Å². The Kier molecular flexibility index (Phi) is 7.39. The lowest BCUT2D eigenvalue weighted by Gasteiger charge is -2.10. The van der Waals surface area contributed by atoms with Gasteiger partial charge in [0.05, 0.1) is 6.54 Å². The van der Waals surface area contributed by atoms with Crippen LogP contribution in [0.2, 0.25) is 0 Å². The maximum absolute atomic E-state index is 11.6. The van der Waals surface area contributed by atoms with Gasteiger partial charge in [0.2, 0.25) is 5.91 Å². The van der Waals surface area contributed by atoms with Crippen LogP contribution in [0, 0.1) is 0 Å².